The molecule has 0 bridgehead atoms. The second kappa shape index (κ2) is 10.4. The summed E-state index contributed by atoms with van der Waals surface area (Å²) < 4.78 is 30.3. The number of benzene rings is 3. The SMILES string of the molecule is CCc1ccc(CC(=O)Nc2ccc(S(N)(=O)=O)cc2)cc1Oc1cc(Br)cc(Br)c1Cl. The number of sulfonamides is 1. The van der Waals surface area contributed by atoms with Gasteiger partial charge in [-0.25, -0.2) is 13.6 Å². The molecule has 0 aromatic heterocycles. The summed E-state index contributed by atoms with van der Waals surface area (Å²) in [7, 11) is -3.78. The minimum absolute atomic E-state index is 0.0229. The van der Waals surface area contributed by atoms with E-state index in [9.17, 15) is 13.2 Å². The predicted octanol–water partition coefficient (Wildman–Crippen LogP) is 6.05. The Morgan fingerprint density at radius 2 is 1.75 bits per heavy atom. The predicted molar refractivity (Wildman–Crippen MR) is 133 cm³/mol. The van der Waals surface area contributed by atoms with Crippen molar-refractivity contribution in [3.63, 3.8) is 0 Å². The first-order valence-corrected chi connectivity index (χ1v) is 12.9. The maximum absolute atomic E-state index is 12.5. The van der Waals surface area contributed by atoms with Crippen molar-refractivity contribution in [2.45, 2.75) is 24.7 Å². The summed E-state index contributed by atoms with van der Waals surface area (Å²) in [5.74, 6) is 0.841. The molecule has 0 fully saturated rings. The standard InChI is InChI=1S/C22H19Br2ClN2O4S/c1-2-14-4-3-13(9-19(14)31-20-12-15(23)11-18(24)22(20)25)10-21(28)27-16-5-7-17(8-6-16)32(26,29)30/h3-9,11-12H,2,10H2,1H3,(H,27,28)(H2,26,29,30). The topological polar surface area (TPSA) is 98.5 Å². The molecule has 0 aliphatic heterocycles. The fraction of sp³-hybridized carbons (Fsp3) is 0.136. The highest BCUT2D eigenvalue weighted by Gasteiger charge is 2.14. The number of ether oxygens (including phenoxy) is 1. The molecule has 1 amide bonds. The van der Waals surface area contributed by atoms with Crippen LogP contribution in [-0.4, -0.2) is 14.3 Å². The normalized spacial score (nSPS) is 11.3. The Hall–Kier alpha value is -1.91. The molecule has 0 heterocycles. The van der Waals surface area contributed by atoms with Gasteiger partial charge in [-0.3, -0.25) is 4.79 Å². The zero-order valence-corrected chi connectivity index (χ0v) is 21.6. The fourth-order valence-electron chi connectivity index (χ4n) is 2.94. The molecular weight excluding hydrogens is 584 g/mol. The summed E-state index contributed by atoms with van der Waals surface area (Å²) in [5, 5.41) is 8.28. The maximum Gasteiger partial charge on any atom is 0.238 e. The van der Waals surface area contributed by atoms with Crippen LogP contribution in [0.4, 0.5) is 5.69 Å². The number of hydrogen-bond acceptors (Lipinski definition) is 4. The van der Waals surface area contributed by atoms with Crippen molar-refractivity contribution in [2.75, 3.05) is 5.32 Å². The van der Waals surface area contributed by atoms with E-state index >= 15 is 0 Å². The van der Waals surface area contributed by atoms with Crippen molar-refractivity contribution < 1.29 is 17.9 Å². The number of nitrogens with one attached hydrogen (secondary N) is 1. The molecule has 0 saturated carbocycles. The molecular formula is C22H19Br2ClN2O4S. The molecule has 10 heteroatoms. The second-order valence-electron chi connectivity index (χ2n) is 6.89. The van der Waals surface area contributed by atoms with Gasteiger partial charge in [0.1, 0.15) is 11.5 Å². The van der Waals surface area contributed by atoms with E-state index < -0.39 is 10.0 Å². The molecule has 3 aromatic carbocycles. The zero-order chi connectivity index (χ0) is 23.5. The van der Waals surface area contributed by atoms with Gasteiger partial charge in [-0.1, -0.05) is 46.6 Å². The largest absolute Gasteiger partial charge is 0.455 e. The molecule has 0 saturated heterocycles. The number of aryl methyl sites for hydroxylation is 1. The molecule has 0 atom stereocenters. The Bertz CT molecular complexity index is 1270. The molecule has 168 valence electrons. The average Bonchev–Trinajstić information content (AvgIpc) is 2.71. The van der Waals surface area contributed by atoms with E-state index in [0.29, 0.717) is 26.7 Å². The Morgan fingerprint density at radius 1 is 1.06 bits per heavy atom. The number of anilines is 1. The summed E-state index contributed by atoms with van der Waals surface area (Å²) in [5.41, 5.74) is 2.19. The second-order valence-corrected chi connectivity index (χ2v) is 10.6. The molecule has 3 aromatic rings. The first-order chi connectivity index (χ1) is 15.1. The Labute approximate surface area is 208 Å². The highest BCUT2D eigenvalue weighted by atomic mass is 79.9. The van der Waals surface area contributed by atoms with Gasteiger partial charge < -0.3 is 10.1 Å². The third kappa shape index (κ3) is 6.32. The first-order valence-electron chi connectivity index (χ1n) is 9.43. The van der Waals surface area contributed by atoms with E-state index in [1.807, 2.05) is 31.2 Å². The van der Waals surface area contributed by atoms with E-state index in [1.54, 1.807) is 6.07 Å². The van der Waals surface area contributed by atoms with Crippen molar-refractivity contribution >= 4 is 65.1 Å². The van der Waals surface area contributed by atoms with Gasteiger partial charge in [0.05, 0.1) is 16.3 Å². The Morgan fingerprint density at radius 3 is 2.38 bits per heavy atom. The third-order valence-corrected chi connectivity index (χ3v) is 7.15. The van der Waals surface area contributed by atoms with Crippen LogP contribution in [0.3, 0.4) is 0 Å². The lowest BCUT2D eigenvalue weighted by molar-refractivity contribution is -0.115. The zero-order valence-electron chi connectivity index (χ0n) is 16.9. The van der Waals surface area contributed by atoms with Crippen LogP contribution in [0, 0.1) is 0 Å². The van der Waals surface area contributed by atoms with Crippen molar-refractivity contribution in [3.8, 4) is 11.5 Å². The number of amides is 1. The number of carbonyl (C=O) groups excluding carboxylic acids is 1. The fourth-order valence-corrected chi connectivity index (χ4v) is 4.79. The molecule has 0 spiro atoms. The van der Waals surface area contributed by atoms with Crippen molar-refractivity contribution in [3.05, 3.63) is 79.7 Å². The van der Waals surface area contributed by atoms with Gasteiger partial charge in [0.15, 0.2) is 0 Å². The van der Waals surface area contributed by atoms with Crippen LogP contribution in [0.1, 0.15) is 18.1 Å². The average molecular weight is 603 g/mol. The van der Waals surface area contributed by atoms with Crippen molar-refractivity contribution in [1.29, 1.82) is 0 Å². The highest BCUT2D eigenvalue weighted by Crippen LogP contribution is 2.39. The van der Waals surface area contributed by atoms with Crippen LogP contribution in [-0.2, 0) is 27.7 Å². The minimum atomic E-state index is -3.78. The summed E-state index contributed by atoms with van der Waals surface area (Å²) in [6.07, 6.45) is 0.845. The lowest BCUT2D eigenvalue weighted by Gasteiger charge is -2.14. The van der Waals surface area contributed by atoms with Crippen LogP contribution in [0.5, 0.6) is 11.5 Å². The molecule has 32 heavy (non-hydrogen) atoms. The maximum atomic E-state index is 12.5. The van der Waals surface area contributed by atoms with Gasteiger partial charge in [0, 0.05) is 14.6 Å². The van der Waals surface area contributed by atoms with Crippen LogP contribution >= 0.6 is 43.5 Å². The number of carbonyl (C=O) groups is 1. The molecule has 0 unspecified atom stereocenters. The smallest absolute Gasteiger partial charge is 0.238 e. The van der Waals surface area contributed by atoms with Crippen LogP contribution in [0.2, 0.25) is 5.02 Å². The van der Waals surface area contributed by atoms with Gasteiger partial charge in [-0.15, -0.1) is 0 Å². The molecule has 0 aliphatic carbocycles. The number of nitrogens with two attached hydrogens (primary N) is 1. The van der Waals surface area contributed by atoms with Gasteiger partial charge in [-0.2, -0.15) is 0 Å². The molecule has 0 aliphatic rings. The summed E-state index contributed by atoms with van der Waals surface area (Å²) in [6.45, 7) is 2.01. The lowest BCUT2D eigenvalue weighted by Crippen LogP contribution is -2.15. The number of rotatable bonds is 7. The van der Waals surface area contributed by atoms with Gasteiger partial charge >= 0.3 is 0 Å². The highest BCUT2D eigenvalue weighted by molar-refractivity contribution is 9.11. The minimum Gasteiger partial charge on any atom is -0.455 e. The molecule has 3 N–H and O–H groups in total. The summed E-state index contributed by atoms with van der Waals surface area (Å²) in [4.78, 5) is 12.5. The monoisotopic (exact) mass is 600 g/mol. The first kappa shape index (κ1) is 24.7. The van der Waals surface area contributed by atoms with Gasteiger partial charge in [0.2, 0.25) is 15.9 Å². The number of halogens is 3. The number of hydrogen-bond donors (Lipinski definition) is 2. The lowest BCUT2D eigenvalue weighted by atomic mass is 10.1. The quantitative estimate of drug-likeness (QED) is 0.322. The van der Waals surface area contributed by atoms with Crippen molar-refractivity contribution in [1.82, 2.24) is 0 Å². The van der Waals surface area contributed by atoms with Gasteiger partial charge in [0.25, 0.3) is 0 Å². The number of primary sulfonamides is 1. The van der Waals surface area contributed by atoms with Crippen LogP contribution in [0.25, 0.3) is 0 Å². The van der Waals surface area contributed by atoms with Crippen LogP contribution < -0.4 is 15.2 Å². The molecule has 3 rings (SSSR count). The van der Waals surface area contributed by atoms with E-state index in [0.717, 1.165) is 22.0 Å². The Kier molecular flexibility index (Phi) is 8.00. The van der Waals surface area contributed by atoms with Gasteiger partial charge in [-0.05, 0) is 75.9 Å². The van der Waals surface area contributed by atoms with E-state index in [4.69, 9.17) is 21.5 Å². The van der Waals surface area contributed by atoms with E-state index in [-0.39, 0.29) is 17.2 Å². The summed E-state index contributed by atoms with van der Waals surface area (Å²) in [6, 6.07) is 14.9. The third-order valence-electron chi connectivity index (χ3n) is 4.52. The van der Waals surface area contributed by atoms with Crippen molar-refractivity contribution in [2.24, 2.45) is 5.14 Å². The molecule has 6 nitrogen and oxygen atoms in total. The van der Waals surface area contributed by atoms with E-state index in [2.05, 4.69) is 37.2 Å². The Balaban J connectivity index is 1.77. The van der Waals surface area contributed by atoms with Crippen LogP contribution in [0.15, 0.2) is 68.4 Å². The van der Waals surface area contributed by atoms with E-state index in [1.165, 1.54) is 24.3 Å². The summed E-state index contributed by atoms with van der Waals surface area (Å²) >= 11 is 13.2. The molecule has 0 radical (unpaired) electrons.